The topological polar surface area (TPSA) is 43.6 Å². The highest BCUT2D eigenvalue weighted by atomic mass is 35.5. The number of thioether (sulfide) groups is 1. The largest absolute Gasteiger partial charge is 0.383 e. The second-order valence-corrected chi connectivity index (χ2v) is 8.05. The van der Waals surface area contributed by atoms with Crippen LogP contribution in [0.2, 0.25) is 10.0 Å². The molecule has 0 bridgehead atoms. The van der Waals surface area contributed by atoms with Gasteiger partial charge in [-0.05, 0) is 42.7 Å². The van der Waals surface area contributed by atoms with Gasteiger partial charge in [-0.2, -0.15) is 4.99 Å². The van der Waals surface area contributed by atoms with Crippen molar-refractivity contribution in [3.05, 3.63) is 56.8 Å². The Balaban J connectivity index is 2.12. The molecule has 4 nitrogen and oxygen atoms in total. The normalized spacial score (nSPS) is 12.1. The lowest BCUT2D eigenvalue weighted by atomic mass is 10.2. The van der Waals surface area contributed by atoms with E-state index in [1.54, 1.807) is 43.1 Å². The quantitative estimate of drug-likeness (QED) is 0.531. The van der Waals surface area contributed by atoms with Crippen LogP contribution in [-0.4, -0.2) is 30.4 Å². The first-order chi connectivity index (χ1) is 12.5. The van der Waals surface area contributed by atoms with Crippen molar-refractivity contribution in [3.8, 4) is 0 Å². The van der Waals surface area contributed by atoms with Crippen LogP contribution in [0.4, 0.5) is 0 Å². The summed E-state index contributed by atoms with van der Waals surface area (Å²) in [6.45, 7) is 0.993. The first-order valence-corrected chi connectivity index (χ1v) is 10.5. The number of hydrogen-bond acceptors (Lipinski definition) is 4. The van der Waals surface area contributed by atoms with Crippen molar-refractivity contribution in [3.63, 3.8) is 0 Å². The Labute approximate surface area is 169 Å². The minimum absolute atomic E-state index is 0.303. The average molecular weight is 427 g/mol. The maximum absolute atomic E-state index is 12.6. The van der Waals surface area contributed by atoms with Gasteiger partial charge in [-0.1, -0.05) is 34.5 Å². The molecule has 0 fully saturated rings. The number of amides is 1. The lowest BCUT2D eigenvalue weighted by Crippen LogP contribution is -2.19. The Morgan fingerprint density at radius 2 is 1.88 bits per heavy atom. The number of methoxy groups -OCH3 is 1. The van der Waals surface area contributed by atoms with Gasteiger partial charge in [-0.15, -0.1) is 11.8 Å². The van der Waals surface area contributed by atoms with Gasteiger partial charge in [0.2, 0.25) is 0 Å². The summed E-state index contributed by atoms with van der Waals surface area (Å²) in [5.74, 6) is -0.303. The predicted molar refractivity (Wildman–Crippen MR) is 110 cm³/mol. The molecule has 8 heteroatoms. The van der Waals surface area contributed by atoms with Crippen molar-refractivity contribution in [2.45, 2.75) is 11.4 Å². The molecule has 0 N–H and O–H groups in total. The van der Waals surface area contributed by atoms with Crippen molar-refractivity contribution < 1.29 is 9.53 Å². The zero-order chi connectivity index (χ0) is 18.7. The molecule has 2 aromatic carbocycles. The van der Waals surface area contributed by atoms with Gasteiger partial charge in [0.15, 0.2) is 4.80 Å². The first-order valence-electron chi connectivity index (χ1n) is 7.74. The summed E-state index contributed by atoms with van der Waals surface area (Å²) in [5, 5.41) is 1.15. The summed E-state index contributed by atoms with van der Waals surface area (Å²) in [6, 6.07) is 10.9. The molecular weight excluding hydrogens is 411 g/mol. The molecule has 0 saturated heterocycles. The highest BCUT2D eigenvalue weighted by Crippen LogP contribution is 2.31. The summed E-state index contributed by atoms with van der Waals surface area (Å²) in [7, 11) is 1.62. The molecule has 0 spiro atoms. The number of nitrogens with zero attached hydrogens (tertiary/aromatic N) is 2. The third-order valence-electron chi connectivity index (χ3n) is 3.78. The number of rotatable bonds is 5. The highest BCUT2D eigenvalue weighted by molar-refractivity contribution is 7.98. The maximum atomic E-state index is 12.6. The number of halogens is 2. The van der Waals surface area contributed by atoms with Gasteiger partial charge in [0.25, 0.3) is 5.91 Å². The van der Waals surface area contributed by atoms with Crippen molar-refractivity contribution in [1.82, 2.24) is 4.57 Å². The lowest BCUT2D eigenvalue weighted by molar-refractivity contribution is 0.0997. The molecule has 0 aliphatic carbocycles. The zero-order valence-electron chi connectivity index (χ0n) is 14.2. The van der Waals surface area contributed by atoms with E-state index in [4.69, 9.17) is 27.9 Å². The fourth-order valence-electron chi connectivity index (χ4n) is 2.47. The van der Waals surface area contributed by atoms with E-state index in [9.17, 15) is 4.79 Å². The second-order valence-electron chi connectivity index (χ2n) is 5.38. The summed E-state index contributed by atoms with van der Waals surface area (Å²) in [6.07, 6.45) is 1.99. The minimum Gasteiger partial charge on any atom is -0.383 e. The molecule has 3 rings (SSSR count). The van der Waals surface area contributed by atoms with Gasteiger partial charge in [0, 0.05) is 24.1 Å². The number of aromatic nitrogens is 1. The number of thiazole rings is 1. The molecule has 136 valence electrons. The van der Waals surface area contributed by atoms with Crippen LogP contribution in [0.5, 0.6) is 0 Å². The average Bonchev–Trinajstić information content (AvgIpc) is 3.02. The number of fused-ring (bicyclic) bond motifs is 1. The molecule has 1 heterocycles. The maximum Gasteiger partial charge on any atom is 0.279 e. The molecule has 0 aliphatic rings. The third-order valence-corrected chi connectivity index (χ3v) is 6.37. The number of carbonyl (C=O) groups is 1. The van der Waals surface area contributed by atoms with Crippen molar-refractivity contribution >= 4 is 62.4 Å². The standard InChI is InChI=1S/C18H16Cl2N2O2S2/c1-24-10-9-22-15-13(19)7-8-14(20)16(15)26-18(22)21-17(23)11-3-5-12(25-2)6-4-11/h3-8H,9-10H2,1-2H3. The van der Waals surface area contributed by atoms with E-state index >= 15 is 0 Å². The monoisotopic (exact) mass is 426 g/mol. The molecule has 0 unspecified atom stereocenters. The first kappa shape index (κ1) is 19.5. The predicted octanol–water partition coefficient (Wildman–Crippen LogP) is 5.12. The van der Waals surface area contributed by atoms with Crippen LogP contribution in [0.3, 0.4) is 0 Å². The lowest BCUT2D eigenvalue weighted by Gasteiger charge is -2.06. The number of hydrogen-bond donors (Lipinski definition) is 0. The smallest absolute Gasteiger partial charge is 0.279 e. The number of carbonyl (C=O) groups excluding carboxylic acids is 1. The molecule has 1 amide bonds. The molecule has 0 atom stereocenters. The van der Waals surface area contributed by atoms with Gasteiger partial charge >= 0.3 is 0 Å². The van der Waals surface area contributed by atoms with Crippen molar-refractivity contribution in [2.75, 3.05) is 20.0 Å². The number of benzene rings is 2. The minimum atomic E-state index is -0.303. The third kappa shape index (κ3) is 4.00. The Bertz CT molecular complexity index is 1010. The van der Waals surface area contributed by atoms with Gasteiger partial charge in [0.05, 0.1) is 26.9 Å². The summed E-state index contributed by atoms with van der Waals surface area (Å²) >= 11 is 15.7. The van der Waals surface area contributed by atoms with E-state index in [2.05, 4.69) is 4.99 Å². The molecule has 26 heavy (non-hydrogen) atoms. The fourth-order valence-corrected chi connectivity index (χ4v) is 4.55. The van der Waals surface area contributed by atoms with E-state index in [-0.39, 0.29) is 5.91 Å². The molecular formula is C18H16Cl2N2O2S2. The highest BCUT2D eigenvalue weighted by Gasteiger charge is 2.14. The van der Waals surface area contributed by atoms with E-state index in [0.29, 0.717) is 33.6 Å². The van der Waals surface area contributed by atoms with Crippen LogP contribution in [0.1, 0.15) is 10.4 Å². The molecule has 3 aromatic rings. The van der Waals surface area contributed by atoms with Crippen LogP contribution >= 0.6 is 46.3 Å². The van der Waals surface area contributed by atoms with Gasteiger partial charge in [0.1, 0.15) is 0 Å². The number of ether oxygens (including phenoxy) is 1. The van der Waals surface area contributed by atoms with Crippen molar-refractivity contribution in [1.29, 1.82) is 0 Å². The Morgan fingerprint density at radius 1 is 1.19 bits per heavy atom. The van der Waals surface area contributed by atoms with E-state index in [1.807, 2.05) is 23.0 Å². The van der Waals surface area contributed by atoms with E-state index in [1.165, 1.54) is 11.3 Å². The fraction of sp³-hybridized carbons (Fsp3) is 0.222. The SMILES string of the molecule is COCCn1c(=NC(=O)c2ccc(SC)cc2)sc2c(Cl)ccc(Cl)c21. The van der Waals surface area contributed by atoms with E-state index < -0.39 is 0 Å². The molecule has 0 aliphatic heterocycles. The Morgan fingerprint density at radius 3 is 2.54 bits per heavy atom. The van der Waals surface area contributed by atoms with Crippen LogP contribution < -0.4 is 4.80 Å². The van der Waals surface area contributed by atoms with Crippen LogP contribution in [0.15, 0.2) is 46.3 Å². The molecule has 0 saturated carbocycles. The van der Waals surface area contributed by atoms with Gasteiger partial charge < -0.3 is 9.30 Å². The molecule has 1 aromatic heterocycles. The molecule has 0 radical (unpaired) electrons. The van der Waals surface area contributed by atoms with Crippen molar-refractivity contribution in [2.24, 2.45) is 4.99 Å². The Kier molecular flexibility index (Phi) is 6.42. The summed E-state index contributed by atoms with van der Waals surface area (Å²) < 4.78 is 7.87. The van der Waals surface area contributed by atoms with Crippen LogP contribution in [0.25, 0.3) is 10.2 Å². The summed E-state index contributed by atoms with van der Waals surface area (Å²) in [5.41, 5.74) is 1.31. The van der Waals surface area contributed by atoms with Crippen LogP contribution in [-0.2, 0) is 11.3 Å². The summed E-state index contributed by atoms with van der Waals surface area (Å²) in [4.78, 5) is 18.6. The Hall–Kier alpha value is -1.31. The van der Waals surface area contributed by atoms with Gasteiger partial charge in [-0.3, -0.25) is 4.79 Å². The van der Waals surface area contributed by atoms with Crippen LogP contribution in [0, 0.1) is 0 Å². The zero-order valence-corrected chi connectivity index (χ0v) is 17.3. The second kappa shape index (κ2) is 8.59. The van der Waals surface area contributed by atoms with E-state index in [0.717, 1.165) is 15.1 Å². The van der Waals surface area contributed by atoms with Gasteiger partial charge in [-0.25, -0.2) is 0 Å².